The summed E-state index contributed by atoms with van der Waals surface area (Å²) in [5.41, 5.74) is 0. The van der Waals surface area contributed by atoms with Gasteiger partial charge in [0.05, 0.1) is 26.3 Å². The third-order valence-corrected chi connectivity index (χ3v) is 1.78. The minimum atomic E-state index is -4.31. The molecule has 0 radical (unpaired) electrons. The number of hydrogen-bond donors (Lipinski definition) is 1. The molecule has 0 bridgehead atoms. The van der Waals surface area contributed by atoms with Crippen LogP contribution in [0.3, 0.4) is 0 Å². The van der Waals surface area contributed by atoms with Gasteiger partial charge in [0.25, 0.3) is 0 Å². The predicted molar refractivity (Wildman–Crippen MR) is 44.2 cm³/mol. The molecule has 15 heavy (non-hydrogen) atoms. The molecule has 0 amide bonds. The van der Waals surface area contributed by atoms with Gasteiger partial charge in [-0.2, -0.15) is 13.2 Å². The van der Waals surface area contributed by atoms with Crippen molar-refractivity contribution >= 4 is 5.97 Å². The summed E-state index contributed by atoms with van der Waals surface area (Å²) in [6.45, 7) is -0.780. The lowest BCUT2D eigenvalue weighted by Gasteiger charge is -2.11. The zero-order chi connectivity index (χ0) is 11.3. The number of alkyl halides is 3. The van der Waals surface area contributed by atoms with Crippen molar-refractivity contribution < 1.29 is 27.4 Å². The second-order valence-corrected chi connectivity index (χ2v) is 3.19. The Morgan fingerprint density at radius 2 is 2.27 bits per heavy atom. The van der Waals surface area contributed by atoms with Crippen LogP contribution in [-0.4, -0.2) is 44.6 Å². The number of carbonyl (C=O) groups is 1. The first kappa shape index (κ1) is 12.3. The molecule has 1 aliphatic heterocycles. The van der Waals surface area contributed by atoms with Crippen molar-refractivity contribution in [2.75, 3.05) is 26.3 Å². The summed E-state index contributed by atoms with van der Waals surface area (Å²) in [7, 11) is 0. The minimum absolute atomic E-state index is 0.315. The van der Waals surface area contributed by atoms with E-state index < -0.39 is 25.2 Å². The van der Waals surface area contributed by atoms with Crippen LogP contribution in [0, 0.1) is 0 Å². The Kier molecular flexibility index (Phi) is 4.34. The Morgan fingerprint density at radius 1 is 1.53 bits per heavy atom. The SMILES string of the molecule is O=C(CNCC(F)(F)F)OC1CCOC1. The van der Waals surface area contributed by atoms with E-state index in [-0.39, 0.29) is 6.10 Å². The van der Waals surface area contributed by atoms with Gasteiger partial charge in [-0.3, -0.25) is 10.1 Å². The molecular weight excluding hydrogens is 215 g/mol. The normalized spacial score (nSPS) is 21.7. The van der Waals surface area contributed by atoms with Crippen molar-refractivity contribution in [2.45, 2.75) is 18.7 Å². The number of rotatable bonds is 4. The molecule has 1 atom stereocenters. The van der Waals surface area contributed by atoms with Crippen molar-refractivity contribution in [3.63, 3.8) is 0 Å². The van der Waals surface area contributed by atoms with Gasteiger partial charge in [-0.1, -0.05) is 0 Å². The molecule has 4 nitrogen and oxygen atoms in total. The summed E-state index contributed by atoms with van der Waals surface area (Å²) >= 11 is 0. The van der Waals surface area contributed by atoms with Gasteiger partial charge < -0.3 is 9.47 Å². The van der Waals surface area contributed by atoms with Crippen LogP contribution in [0.1, 0.15) is 6.42 Å². The quantitative estimate of drug-likeness (QED) is 0.709. The Balaban J connectivity index is 2.08. The van der Waals surface area contributed by atoms with Gasteiger partial charge in [0.1, 0.15) is 6.10 Å². The van der Waals surface area contributed by atoms with E-state index in [1.165, 1.54) is 0 Å². The highest BCUT2D eigenvalue weighted by Crippen LogP contribution is 2.12. The molecule has 0 spiro atoms. The van der Waals surface area contributed by atoms with E-state index in [0.29, 0.717) is 19.6 Å². The Labute approximate surface area is 84.7 Å². The maximum absolute atomic E-state index is 11.7. The first-order valence-corrected chi connectivity index (χ1v) is 4.52. The number of nitrogens with one attached hydrogen (secondary N) is 1. The van der Waals surface area contributed by atoms with E-state index in [1.54, 1.807) is 0 Å². The molecule has 1 unspecified atom stereocenters. The highest BCUT2D eigenvalue weighted by Gasteiger charge is 2.27. The second-order valence-electron chi connectivity index (χ2n) is 3.19. The highest BCUT2D eigenvalue weighted by atomic mass is 19.4. The van der Waals surface area contributed by atoms with Crippen molar-refractivity contribution in [1.82, 2.24) is 5.32 Å². The first-order valence-electron chi connectivity index (χ1n) is 4.52. The van der Waals surface area contributed by atoms with E-state index in [0.717, 1.165) is 0 Å². The van der Waals surface area contributed by atoms with E-state index >= 15 is 0 Å². The second kappa shape index (κ2) is 5.32. The minimum Gasteiger partial charge on any atom is -0.459 e. The lowest BCUT2D eigenvalue weighted by molar-refractivity contribution is -0.149. The van der Waals surface area contributed by atoms with Crippen LogP contribution in [0.4, 0.5) is 13.2 Å². The molecule has 1 rings (SSSR count). The van der Waals surface area contributed by atoms with E-state index in [9.17, 15) is 18.0 Å². The predicted octanol–water partition coefficient (Wildman–Crippen LogP) is 0.470. The van der Waals surface area contributed by atoms with Gasteiger partial charge in [0.15, 0.2) is 0 Å². The maximum atomic E-state index is 11.7. The number of halogens is 3. The largest absolute Gasteiger partial charge is 0.459 e. The van der Waals surface area contributed by atoms with E-state index in [1.807, 2.05) is 5.32 Å². The number of ether oxygens (including phenoxy) is 2. The van der Waals surface area contributed by atoms with Gasteiger partial charge in [-0.15, -0.1) is 0 Å². The molecule has 0 saturated carbocycles. The number of carbonyl (C=O) groups excluding carboxylic acids is 1. The smallest absolute Gasteiger partial charge is 0.401 e. The monoisotopic (exact) mass is 227 g/mol. The molecule has 1 fully saturated rings. The molecule has 0 aliphatic carbocycles. The molecule has 88 valence electrons. The van der Waals surface area contributed by atoms with Gasteiger partial charge in [0.2, 0.25) is 0 Å². The Morgan fingerprint density at radius 3 is 2.80 bits per heavy atom. The van der Waals surface area contributed by atoms with E-state index in [4.69, 9.17) is 9.47 Å². The average molecular weight is 227 g/mol. The summed E-state index contributed by atoms with van der Waals surface area (Å²) in [6.07, 6.45) is -4.02. The van der Waals surface area contributed by atoms with Crippen molar-refractivity contribution in [3.05, 3.63) is 0 Å². The van der Waals surface area contributed by atoms with E-state index in [2.05, 4.69) is 0 Å². The van der Waals surface area contributed by atoms with Crippen molar-refractivity contribution in [3.8, 4) is 0 Å². The molecule has 7 heteroatoms. The summed E-state index contributed by atoms with van der Waals surface area (Å²) in [5, 5.41) is 1.96. The summed E-state index contributed by atoms with van der Waals surface area (Å²) in [6, 6.07) is 0. The maximum Gasteiger partial charge on any atom is 0.401 e. The Hall–Kier alpha value is -0.820. The summed E-state index contributed by atoms with van der Waals surface area (Å²) in [4.78, 5) is 11.0. The van der Waals surface area contributed by atoms with Gasteiger partial charge in [0, 0.05) is 6.42 Å². The fraction of sp³-hybridized carbons (Fsp3) is 0.875. The zero-order valence-electron chi connectivity index (χ0n) is 7.97. The molecular formula is C8H12F3NO3. The highest BCUT2D eigenvalue weighted by molar-refractivity contribution is 5.71. The van der Waals surface area contributed by atoms with Crippen LogP contribution in [0.25, 0.3) is 0 Å². The lowest BCUT2D eigenvalue weighted by Crippen LogP contribution is -2.34. The summed E-state index contributed by atoms with van der Waals surface area (Å²) in [5.74, 6) is -0.685. The summed E-state index contributed by atoms with van der Waals surface area (Å²) < 4.78 is 44.8. The standard InChI is InChI=1S/C8H12F3NO3/c9-8(10,11)5-12-3-7(13)15-6-1-2-14-4-6/h6,12H,1-5H2. The van der Waals surface area contributed by atoms with Gasteiger partial charge in [-0.25, -0.2) is 0 Å². The molecule has 1 heterocycles. The Bertz CT molecular complexity index is 214. The van der Waals surface area contributed by atoms with Crippen LogP contribution in [0.15, 0.2) is 0 Å². The molecule has 0 aromatic rings. The molecule has 0 aromatic heterocycles. The van der Waals surface area contributed by atoms with Crippen molar-refractivity contribution in [1.29, 1.82) is 0 Å². The van der Waals surface area contributed by atoms with Crippen LogP contribution in [0.5, 0.6) is 0 Å². The molecule has 1 saturated heterocycles. The first-order chi connectivity index (χ1) is 6.97. The third kappa shape index (κ3) is 5.58. The molecule has 1 N–H and O–H groups in total. The lowest BCUT2D eigenvalue weighted by atomic mass is 10.3. The van der Waals surface area contributed by atoms with Crippen LogP contribution in [-0.2, 0) is 14.3 Å². The fourth-order valence-corrected chi connectivity index (χ4v) is 1.14. The fourth-order valence-electron chi connectivity index (χ4n) is 1.14. The average Bonchev–Trinajstić information content (AvgIpc) is 2.54. The van der Waals surface area contributed by atoms with Gasteiger partial charge >= 0.3 is 12.1 Å². The number of hydrogen-bond acceptors (Lipinski definition) is 4. The third-order valence-electron chi connectivity index (χ3n) is 1.78. The van der Waals surface area contributed by atoms with Crippen LogP contribution >= 0.6 is 0 Å². The topological polar surface area (TPSA) is 47.6 Å². The van der Waals surface area contributed by atoms with Crippen molar-refractivity contribution in [2.24, 2.45) is 0 Å². The van der Waals surface area contributed by atoms with Crippen LogP contribution < -0.4 is 5.32 Å². The van der Waals surface area contributed by atoms with Crippen LogP contribution in [0.2, 0.25) is 0 Å². The molecule has 1 aliphatic rings. The number of esters is 1. The van der Waals surface area contributed by atoms with Gasteiger partial charge in [-0.05, 0) is 0 Å². The molecule has 0 aromatic carbocycles. The zero-order valence-corrected chi connectivity index (χ0v) is 7.97.